The lowest BCUT2D eigenvalue weighted by atomic mass is 9.68. The lowest BCUT2D eigenvalue weighted by Crippen LogP contribution is -2.44. The Morgan fingerprint density at radius 3 is 2.48 bits per heavy atom. The van der Waals surface area contributed by atoms with Gasteiger partial charge in [-0.3, -0.25) is 4.79 Å². The molecule has 1 aromatic rings. The molecule has 1 amide bonds. The maximum atomic E-state index is 12.4. The topological polar surface area (TPSA) is 59.2 Å². The van der Waals surface area contributed by atoms with E-state index in [-0.39, 0.29) is 18.3 Å². The number of rotatable bonds is 2. The fourth-order valence-corrected chi connectivity index (χ4v) is 4.30. The Balaban J connectivity index is 0.00000161. The number of carbonyl (C=O) groups excluding carboxylic acids is 1. The molecule has 2 heterocycles. The number of amides is 1. The van der Waals surface area contributed by atoms with Crippen molar-refractivity contribution in [3.05, 3.63) is 16.1 Å². The molecule has 2 N–H and O–H groups in total. The number of carbonyl (C=O) groups is 1. The number of hydrogen-bond acceptors (Lipinski definition) is 4. The summed E-state index contributed by atoms with van der Waals surface area (Å²) < 4.78 is 0. The van der Waals surface area contributed by atoms with Crippen molar-refractivity contribution in [2.24, 2.45) is 11.1 Å². The van der Waals surface area contributed by atoms with Gasteiger partial charge >= 0.3 is 0 Å². The summed E-state index contributed by atoms with van der Waals surface area (Å²) in [6.45, 7) is 2.21. The van der Waals surface area contributed by atoms with Crippen molar-refractivity contribution in [1.29, 1.82) is 0 Å². The number of thiazole rings is 1. The molecular weight excluding hydrogens is 306 g/mol. The summed E-state index contributed by atoms with van der Waals surface area (Å²) in [7, 11) is 0. The van der Waals surface area contributed by atoms with Crippen LogP contribution in [0.4, 0.5) is 0 Å². The predicted molar refractivity (Wildman–Crippen MR) is 87.9 cm³/mol. The molecule has 1 aliphatic heterocycles. The van der Waals surface area contributed by atoms with E-state index in [0.29, 0.717) is 17.7 Å². The van der Waals surface area contributed by atoms with Crippen molar-refractivity contribution in [2.45, 2.75) is 51.5 Å². The second kappa shape index (κ2) is 7.07. The van der Waals surface area contributed by atoms with E-state index in [2.05, 4.69) is 4.98 Å². The molecule has 4 nitrogen and oxygen atoms in total. The molecule has 2 aliphatic rings. The quantitative estimate of drug-likeness (QED) is 0.906. The highest BCUT2D eigenvalue weighted by molar-refractivity contribution is 7.09. The Hall–Kier alpha value is -0.650. The lowest BCUT2D eigenvalue weighted by Gasteiger charge is -2.44. The molecule has 1 aromatic heterocycles. The number of likely N-dealkylation sites (tertiary alicyclic amines) is 1. The molecule has 1 saturated heterocycles. The number of hydrogen-bond donors (Lipinski definition) is 1. The van der Waals surface area contributed by atoms with Crippen LogP contribution in [-0.2, 0) is 6.54 Å². The van der Waals surface area contributed by atoms with Gasteiger partial charge in [0.2, 0.25) is 0 Å². The van der Waals surface area contributed by atoms with Crippen molar-refractivity contribution in [2.75, 3.05) is 13.1 Å². The van der Waals surface area contributed by atoms with E-state index in [1.54, 1.807) is 0 Å². The molecule has 0 bridgehead atoms. The normalized spacial score (nSPS) is 21.1. The zero-order valence-corrected chi connectivity index (χ0v) is 14.0. The first-order valence-corrected chi connectivity index (χ1v) is 8.54. The van der Waals surface area contributed by atoms with Gasteiger partial charge < -0.3 is 10.6 Å². The third kappa shape index (κ3) is 3.58. The highest BCUT2D eigenvalue weighted by atomic mass is 35.5. The van der Waals surface area contributed by atoms with Crippen molar-refractivity contribution in [1.82, 2.24) is 9.88 Å². The zero-order chi connectivity index (χ0) is 14.0. The summed E-state index contributed by atoms with van der Waals surface area (Å²) in [6, 6.07) is 0. The van der Waals surface area contributed by atoms with Crippen molar-refractivity contribution < 1.29 is 4.79 Å². The van der Waals surface area contributed by atoms with Crippen LogP contribution in [0.25, 0.3) is 0 Å². The Kier molecular flexibility index (Phi) is 5.63. The van der Waals surface area contributed by atoms with Crippen LogP contribution in [0.15, 0.2) is 5.38 Å². The number of nitrogens with zero attached hydrogens (tertiary/aromatic N) is 2. The fraction of sp³-hybridized carbons (Fsp3) is 0.733. The van der Waals surface area contributed by atoms with E-state index in [0.717, 1.165) is 18.1 Å². The van der Waals surface area contributed by atoms with Gasteiger partial charge in [-0.25, -0.2) is 4.98 Å². The van der Waals surface area contributed by atoms with Gasteiger partial charge in [0.05, 0.1) is 0 Å². The van der Waals surface area contributed by atoms with Crippen LogP contribution in [0, 0.1) is 5.41 Å². The Labute approximate surface area is 136 Å². The molecule has 21 heavy (non-hydrogen) atoms. The fourth-order valence-electron chi connectivity index (χ4n) is 3.65. The predicted octanol–water partition coefficient (Wildman–Crippen LogP) is 3.21. The number of halogens is 1. The lowest BCUT2D eigenvalue weighted by molar-refractivity contribution is 0.0468. The van der Waals surface area contributed by atoms with Gasteiger partial charge in [-0.1, -0.05) is 19.3 Å². The van der Waals surface area contributed by atoms with Crippen molar-refractivity contribution in [3.63, 3.8) is 0 Å². The number of piperidine rings is 1. The summed E-state index contributed by atoms with van der Waals surface area (Å²) in [5, 5.41) is 2.68. The van der Waals surface area contributed by atoms with Crippen LogP contribution in [0.1, 0.15) is 60.4 Å². The zero-order valence-electron chi connectivity index (χ0n) is 12.3. The highest BCUT2D eigenvalue weighted by Gasteiger charge is 2.37. The molecule has 1 saturated carbocycles. The van der Waals surface area contributed by atoms with Gasteiger partial charge in [0.25, 0.3) is 5.91 Å². The monoisotopic (exact) mass is 329 g/mol. The SMILES string of the molecule is Cl.NCc1nc(C(=O)N2CCC3(CCCCC3)CC2)cs1. The molecular formula is C15H24ClN3OS. The van der Waals surface area contributed by atoms with E-state index in [1.165, 1.54) is 56.3 Å². The van der Waals surface area contributed by atoms with Crippen LogP contribution in [0.2, 0.25) is 0 Å². The number of nitrogens with two attached hydrogens (primary N) is 1. The first-order chi connectivity index (χ1) is 9.72. The first-order valence-electron chi connectivity index (χ1n) is 7.66. The summed E-state index contributed by atoms with van der Waals surface area (Å²) in [6.07, 6.45) is 9.22. The Bertz CT molecular complexity index is 475. The molecule has 1 aliphatic carbocycles. The van der Waals surface area contributed by atoms with Gasteiger partial charge in [0.1, 0.15) is 10.7 Å². The van der Waals surface area contributed by atoms with Crippen LogP contribution in [0.5, 0.6) is 0 Å². The molecule has 2 fully saturated rings. The second-order valence-corrected chi connectivity index (χ2v) is 7.13. The van der Waals surface area contributed by atoms with E-state index in [4.69, 9.17) is 5.73 Å². The molecule has 0 aromatic carbocycles. The average Bonchev–Trinajstić information content (AvgIpc) is 2.97. The first kappa shape index (κ1) is 16.7. The molecule has 6 heteroatoms. The molecule has 0 radical (unpaired) electrons. The van der Waals surface area contributed by atoms with E-state index in [1.807, 2.05) is 10.3 Å². The third-order valence-corrected chi connectivity index (χ3v) is 5.84. The van der Waals surface area contributed by atoms with Crippen LogP contribution < -0.4 is 5.73 Å². The van der Waals surface area contributed by atoms with Gasteiger partial charge in [-0.15, -0.1) is 23.7 Å². The molecule has 1 spiro atoms. The largest absolute Gasteiger partial charge is 0.337 e. The summed E-state index contributed by atoms with van der Waals surface area (Å²) >= 11 is 1.48. The standard InChI is InChI=1S/C15H23N3OS.ClH/c16-10-13-17-12(11-20-13)14(19)18-8-6-15(7-9-18)4-2-1-3-5-15;/h11H,1-10,16H2;1H. The Morgan fingerprint density at radius 1 is 1.24 bits per heavy atom. The van der Waals surface area contributed by atoms with Crippen LogP contribution in [0.3, 0.4) is 0 Å². The van der Waals surface area contributed by atoms with Crippen LogP contribution >= 0.6 is 23.7 Å². The minimum atomic E-state index is 0. The van der Waals surface area contributed by atoms with E-state index >= 15 is 0 Å². The summed E-state index contributed by atoms with van der Waals surface area (Å²) in [4.78, 5) is 18.7. The molecule has 118 valence electrons. The van der Waals surface area contributed by atoms with Gasteiger partial charge in [0.15, 0.2) is 0 Å². The average molecular weight is 330 g/mol. The van der Waals surface area contributed by atoms with Crippen LogP contribution in [-0.4, -0.2) is 28.9 Å². The van der Waals surface area contributed by atoms with Crippen molar-refractivity contribution in [3.8, 4) is 0 Å². The molecule has 0 atom stereocenters. The van der Waals surface area contributed by atoms with E-state index in [9.17, 15) is 4.79 Å². The smallest absolute Gasteiger partial charge is 0.273 e. The maximum absolute atomic E-state index is 12.4. The molecule has 3 rings (SSSR count). The van der Waals surface area contributed by atoms with Gasteiger partial charge in [-0.05, 0) is 31.1 Å². The maximum Gasteiger partial charge on any atom is 0.273 e. The minimum absolute atomic E-state index is 0. The highest BCUT2D eigenvalue weighted by Crippen LogP contribution is 2.44. The second-order valence-electron chi connectivity index (χ2n) is 6.18. The van der Waals surface area contributed by atoms with E-state index < -0.39 is 0 Å². The number of aromatic nitrogens is 1. The third-order valence-electron chi connectivity index (χ3n) is 4.97. The van der Waals surface area contributed by atoms with Crippen molar-refractivity contribution >= 4 is 29.7 Å². The summed E-state index contributed by atoms with van der Waals surface area (Å²) in [5.74, 6) is 0.0895. The minimum Gasteiger partial charge on any atom is -0.337 e. The van der Waals surface area contributed by atoms with Gasteiger partial charge in [-0.2, -0.15) is 0 Å². The molecule has 0 unspecified atom stereocenters. The summed E-state index contributed by atoms with van der Waals surface area (Å²) in [5.41, 5.74) is 6.68. The Morgan fingerprint density at radius 2 is 1.90 bits per heavy atom. The van der Waals surface area contributed by atoms with Gasteiger partial charge in [0, 0.05) is 25.0 Å².